The van der Waals surface area contributed by atoms with E-state index in [2.05, 4.69) is 10.0 Å². The van der Waals surface area contributed by atoms with E-state index in [1.165, 1.54) is 12.1 Å². The van der Waals surface area contributed by atoms with Crippen molar-refractivity contribution < 1.29 is 8.42 Å². The van der Waals surface area contributed by atoms with Crippen LogP contribution in [0.2, 0.25) is 15.1 Å². The van der Waals surface area contributed by atoms with Gasteiger partial charge in [0.05, 0.1) is 10.0 Å². The fourth-order valence-electron chi connectivity index (χ4n) is 2.30. The molecular formula is C12H15Cl3N2O2S. The van der Waals surface area contributed by atoms with Crippen LogP contribution in [0.3, 0.4) is 0 Å². The lowest BCUT2D eigenvalue weighted by Crippen LogP contribution is -2.46. The Hall–Kier alpha value is -0.0400. The second-order valence-electron chi connectivity index (χ2n) is 4.90. The summed E-state index contributed by atoms with van der Waals surface area (Å²) in [7, 11) is -3.76. The van der Waals surface area contributed by atoms with Crippen LogP contribution in [-0.2, 0) is 10.0 Å². The number of hydrogen-bond donors (Lipinski definition) is 2. The van der Waals surface area contributed by atoms with E-state index in [-0.39, 0.29) is 27.0 Å². The van der Waals surface area contributed by atoms with Crippen molar-refractivity contribution in [2.24, 2.45) is 0 Å². The van der Waals surface area contributed by atoms with Crippen LogP contribution in [0.15, 0.2) is 17.0 Å². The smallest absolute Gasteiger partial charge is 0.243 e. The SMILES string of the molecule is CC1CC(NS(=O)(=O)c2c(Cl)cc(Cl)cc2Cl)CCN1. The van der Waals surface area contributed by atoms with Crippen molar-refractivity contribution >= 4 is 44.8 Å². The Morgan fingerprint density at radius 3 is 2.40 bits per heavy atom. The van der Waals surface area contributed by atoms with Gasteiger partial charge in [0, 0.05) is 17.1 Å². The van der Waals surface area contributed by atoms with Crippen LogP contribution in [0.5, 0.6) is 0 Å². The van der Waals surface area contributed by atoms with Gasteiger partial charge >= 0.3 is 0 Å². The van der Waals surface area contributed by atoms with Gasteiger partial charge in [0.2, 0.25) is 10.0 Å². The van der Waals surface area contributed by atoms with Crippen LogP contribution < -0.4 is 10.0 Å². The van der Waals surface area contributed by atoms with Gasteiger partial charge in [-0.2, -0.15) is 0 Å². The van der Waals surface area contributed by atoms with Crippen LogP contribution in [0, 0.1) is 0 Å². The van der Waals surface area contributed by atoms with Gasteiger partial charge in [-0.3, -0.25) is 0 Å². The van der Waals surface area contributed by atoms with E-state index in [1.807, 2.05) is 6.92 Å². The van der Waals surface area contributed by atoms with Gasteiger partial charge in [0.15, 0.2) is 0 Å². The molecule has 1 aliphatic rings. The van der Waals surface area contributed by atoms with Crippen molar-refractivity contribution in [2.75, 3.05) is 6.54 Å². The second kappa shape index (κ2) is 6.38. The Morgan fingerprint density at radius 2 is 1.85 bits per heavy atom. The van der Waals surface area contributed by atoms with E-state index >= 15 is 0 Å². The minimum Gasteiger partial charge on any atom is -0.314 e. The number of sulfonamides is 1. The first kappa shape index (κ1) is 16.3. The summed E-state index contributed by atoms with van der Waals surface area (Å²) in [6, 6.07) is 2.88. The van der Waals surface area contributed by atoms with E-state index in [9.17, 15) is 8.42 Å². The maximum atomic E-state index is 12.4. The molecule has 2 unspecified atom stereocenters. The first-order valence-corrected chi connectivity index (χ1v) is 8.81. The Morgan fingerprint density at radius 1 is 1.25 bits per heavy atom. The van der Waals surface area contributed by atoms with Crippen LogP contribution in [-0.4, -0.2) is 27.0 Å². The molecular weight excluding hydrogens is 343 g/mol. The molecule has 4 nitrogen and oxygen atoms in total. The van der Waals surface area contributed by atoms with Crippen molar-refractivity contribution in [1.29, 1.82) is 0 Å². The standard InChI is InChI=1S/C12H15Cl3N2O2S/c1-7-4-9(2-3-16-7)17-20(18,19)12-10(14)5-8(13)6-11(12)15/h5-7,9,16-17H,2-4H2,1H3. The van der Waals surface area contributed by atoms with Gasteiger partial charge in [-0.15, -0.1) is 0 Å². The molecule has 2 rings (SSSR count). The average molecular weight is 358 g/mol. The first-order chi connectivity index (χ1) is 9.29. The van der Waals surface area contributed by atoms with Crippen LogP contribution in [0.1, 0.15) is 19.8 Å². The fourth-order valence-corrected chi connectivity index (χ4v) is 5.13. The lowest BCUT2D eigenvalue weighted by molar-refractivity contribution is 0.361. The Bertz CT molecular complexity index is 584. The van der Waals surface area contributed by atoms with Crippen molar-refractivity contribution in [2.45, 2.75) is 36.7 Å². The summed E-state index contributed by atoms with van der Waals surface area (Å²) < 4.78 is 27.5. The highest BCUT2D eigenvalue weighted by molar-refractivity contribution is 7.89. The molecule has 0 saturated carbocycles. The van der Waals surface area contributed by atoms with E-state index in [0.717, 1.165) is 19.4 Å². The molecule has 1 fully saturated rings. The third kappa shape index (κ3) is 3.78. The molecule has 1 aromatic rings. The lowest BCUT2D eigenvalue weighted by Gasteiger charge is -2.28. The predicted molar refractivity (Wildman–Crippen MR) is 82.3 cm³/mol. The normalized spacial score (nSPS) is 23.8. The molecule has 2 N–H and O–H groups in total. The van der Waals surface area contributed by atoms with E-state index in [1.54, 1.807) is 0 Å². The van der Waals surface area contributed by atoms with Crippen molar-refractivity contribution in [3.05, 3.63) is 27.2 Å². The van der Waals surface area contributed by atoms with Gasteiger partial charge in [-0.1, -0.05) is 34.8 Å². The van der Waals surface area contributed by atoms with Gasteiger partial charge in [-0.05, 0) is 38.4 Å². The largest absolute Gasteiger partial charge is 0.314 e. The summed E-state index contributed by atoms with van der Waals surface area (Å²) >= 11 is 17.7. The molecule has 1 heterocycles. The molecule has 1 saturated heterocycles. The number of nitrogens with one attached hydrogen (secondary N) is 2. The van der Waals surface area contributed by atoms with Gasteiger partial charge in [0.25, 0.3) is 0 Å². The predicted octanol–water partition coefficient (Wildman–Crippen LogP) is 3.07. The molecule has 0 aliphatic carbocycles. The van der Waals surface area contributed by atoms with Crippen molar-refractivity contribution in [3.8, 4) is 0 Å². The number of piperidine rings is 1. The summed E-state index contributed by atoms with van der Waals surface area (Å²) in [6.07, 6.45) is 1.45. The maximum Gasteiger partial charge on any atom is 0.243 e. The maximum absolute atomic E-state index is 12.4. The summed E-state index contributed by atoms with van der Waals surface area (Å²) in [5, 5.41) is 3.61. The topological polar surface area (TPSA) is 58.2 Å². The zero-order chi connectivity index (χ0) is 14.9. The molecule has 0 radical (unpaired) electrons. The highest BCUT2D eigenvalue weighted by Crippen LogP contribution is 2.33. The summed E-state index contributed by atoms with van der Waals surface area (Å²) in [5.74, 6) is 0. The zero-order valence-corrected chi connectivity index (χ0v) is 13.9. The van der Waals surface area contributed by atoms with Gasteiger partial charge in [-0.25, -0.2) is 13.1 Å². The lowest BCUT2D eigenvalue weighted by atomic mass is 10.0. The molecule has 1 aliphatic heterocycles. The Labute approximate surface area is 133 Å². The molecule has 20 heavy (non-hydrogen) atoms. The van der Waals surface area contributed by atoms with Crippen molar-refractivity contribution in [1.82, 2.24) is 10.0 Å². The molecule has 0 spiro atoms. The zero-order valence-electron chi connectivity index (χ0n) is 10.8. The minimum absolute atomic E-state index is 0.0250. The Kier molecular flexibility index (Phi) is 5.21. The fraction of sp³-hybridized carbons (Fsp3) is 0.500. The highest BCUT2D eigenvalue weighted by atomic mass is 35.5. The van der Waals surface area contributed by atoms with E-state index in [0.29, 0.717) is 5.02 Å². The quantitative estimate of drug-likeness (QED) is 0.874. The van der Waals surface area contributed by atoms with Crippen LogP contribution >= 0.6 is 34.8 Å². The second-order valence-corrected chi connectivity index (χ2v) is 7.80. The summed E-state index contributed by atoms with van der Waals surface area (Å²) in [5.41, 5.74) is 0. The third-order valence-corrected chi connectivity index (χ3v) is 5.84. The van der Waals surface area contributed by atoms with Crippen LogP contribution in [0.25, 0.3) is 0 Å². The molecule has 1 aromatic carbocycles. The van der Waals surface area contributed by atoms with E-state index in [4.69, 9.17) is 34.8 Å². The van der Waals surface area contributed by atoms with Gasteiger partial charge < -0.3 is 5.32 Å². The number of rotatable bonds is 3. The molecule has 0 aromatic heterocycles. The highest BCUT2D eigenvalue weighted by Gasteiger charge is 2.28. The summed E-state index contributed by atoms with van der Waals surface area (Å²) in [6.45, 7) is 2.79. The molecule has 112 valence electrons. The first-order valence-electron chi connectivity index (χ1n) is 6.20. The number of hydrogen-bond acceptors (Lipinski definition) is 3. The third-order valence-electron chi connectivity index (χ3n) is 3.18. The number of halogens is 3. The van der Waals surface area contributed by atoms with Gasteiger partial charge in [0.1, 0.15) is 4.90 Å². The molecule has 2 atom stereocenters. The monoisotopic (exact) mass is 356 g/mol. The molecule has 0 bridgehead atoms. The Balaban J connectivity index is 2.27. The van der Waals surface area contributed by atoms with Crippen molar-refractivity contribution in [3.63, 3.8) is 0 Å². The molecule has 0 amide bonds. The average Bonchev–Trinajstić information content (AvgIpc) is 2.25. The minimum atomic E-state index is -3.76. The van der Waals surface area contributed by atoms with E-state index < -0.39 is 10.0 Å². The summed E-state index contributed by atoms with van der Waals surface area (Å²) in [4.78, 5) is -0.114. The van der Waals surface area contributed by atoms with Crippen LogP contribution in [0.4, 0.5) is 0 Å². The number of benzene rings is 1. The molecule has 8 heteroatoms.